The van der Waals surface area contributed by atoms with E-state index >= 15 is 0 Å². The number of rotatable bonds is 3. The van der Waals surface area contributed by atoms with Gasteiger partial charge in [0.15, 0.2) is 0 Å². The maximum atomic E-state index is 12.7. The van der Waals surface area contributed by atoms with Crippen LogP contribution in [0.15, 0.2) is 20.1 Å². The van der Waals surface area contributed by atoms with Gasteiger partial charge in [0.1, 0.15) is 4.21 Å². The summed E-state index contributed by atoms with van der Waals surface area (Å²) in [6.45, 7) is 3.12. The lowest BCUT2D eigenvalue weighted by Gasteiger charge is -2.33. The summed E-state index contributed by atoms with van der Waals surface area (Å²) in [4.78, 5) is 2.51. The van der Waals surface area contributed by atoms with Gasteiger partial charge >= 0.3 is 0 Å². The van der Waals surface area contributed by atoms with E-state index in [4.69, 9.17) is 0 Å². The van der Waals surface area contributed by atoms with Gasteiger partial charge in [-0.2, -0.15) is 16.1 Å². The van der Waals surface area contributed by atoms with Crippen LogP contribution in [0, 0.1) is 0 Å². The van der Waals surface area contributed by atoms with E-state index in [2.05, 4.69) is 20.8 Å². The molecule has 0 amide bonds. The SMILES string of the molecule is O=S(=O)(c1ccc(Br)s1)N1CCCN(C2CCCSC2)CC1. The highest BCUT2D eigenvalue weighted by molar-refractivity contribution is 9.11. The Bertz CT molecular complexity index is 599. The van der Waals surface area contributed by atoms with Crippen LogP contribution in [0.25, 0.3) is 0 Å². The zero-order chi connectivity index (χ0) is 15.6. The molecule has 0 N–H and O–H groups in total. The third-order valence-corrected chi connectivity index (χ3v) is 9.47. The van der Waals surface area contributed by atoms with E-state index in [1.807, 2.05) is 11.8 Å². The third-order valence-electron chi connectivity index (χ3n) is 4.28. The Morgan fingerprint density at radius 3 is 2.68 bits per heavy atom. The highest BCUT2D eigenvalue weighted by atomic mass is 79.9. The molecule has 4 nitrogen and oxygen atoms in total. The monoisotopic (exact) mass is 424 g/mol. The number of halogens is 1. The first-order valence-corrected chi connectivity index (χ1v) is 11.8. The van der Waals surface area contributed by atoms with Gasteiger partial charge in [0.2, 0.25) is 0 Å². The van der Waals surface area contributed by atoms with Gasteiger partial charge in [0.25, 0.3) is 10.0 Å². The van der Waals surface area contributed by atoms with Crippen molar-refractivity contribution in [3.63, 3.8) is 0 Å². The Balaban J connectivity index is 1.67. The van der Waals surface area contributed by atoms with Gasteiger partial charge in [0.05, 0.1) is 3.79 Å². The van der Waals surface area contributed by atoms with Crippen molar-refractivity contribution in [3.8, 4) is 0 Å². The van der Waals surface area contributed by atoms with E-state index in [1.165, 1.54) is 35.7 Å². The normalized spacial score (nSPS) is 26.0. The number of nitrogens with zero attached hydrogens (tertiary/aromatic N) is 2. The minimum absolute atomic E-state index is 0.445. The summed E-state index contributed by atoms with van der Waals surface area (Å²) in [6, 6.07) is 4.14. The van der Waals surface area contributed by atoms with Crippen LogP contribution in [0.1, 0.15) is 19.3 Å². The molecule has 3 heterocycles. The summed E-state index contributed by atoms with van der Waals surface area (Å²) >= 11 is 6.68. The van der Waals surface area contributed by atoms with Crippen LogP contribution in [-0.2, 0) is 10.0 Å². The Morgan fingerprint density at radius 1 is 1.14 bits per heavy atom. The molecule has 0 aromatic carbocycles. The molecule has 0 radical (unpaired) electrons. The molecule has 2 aliphatic rings. The Morgan fingerprint density at radius 2 is 2.00 bits per heavy atom. The fourth-order valence-electron chi connectivity index (χ4n) is 3.09. The second kappa shape index (κ2) is 7.53. The molecule has 22 heavy (non-hydrogen) atoms. The molecule has 0 spiro atoms. The fraction of sp³-hybridized carbons (Fsp3) is 0.714. The van der Waals surface area contributed by atoms with Crippen molar-refractivity contribution >= 4 is 49.1 Å². The molecule has 1 unspecified atom stereocenters. The van der Waals surface area contributed by atoms with Crippen molar-refractivity contribution in [2.24, 2.45) is 0 Å². The maximum absolute atomic E-state index is 12.7. The molecule has 8 heteroatoms. The van der Waals surface area contributed by atoms with Crippen LogP contribution in [0.5, 0.6) is 0 Å². The number of sulfonamides is 1. The van der Waals surface area contributed by atoms with Gasteiger partial charge in [-0.05, 0) is 59.6 Å². The van der Waals surface area contributed by atoms with Gasteiger partial charge in [-0.3, -0.25) is 4.90 Å². The largest absolute Gasteiger partial charge is 0.298 e. The lowest BCUT2D eigenvalue weighted by atomic mass is 10.1. The van der Waals surface area contributed by atoms with Crippen molar-refractivity contribution in [2.45, 2.75) is 29.5 Å². The van der Waals surface area contributed by atoms with Crippen molar-refractivity contribution in [1.82, 2.24) is 9.21 Å². The van der Waals surface area contributed by atoms with Gasteiger partial charge in [0, 0.05) is 31.4 Å². The second-order valence-corrected chi connectivity index (χ2v) is 11.5. The molecule has 2 aliphatic heterocycles. The standard InChI is InChI=1S/C14H21BrN2O2S3/c15-13-4-5-14(21-13)22(18,19)17-7-2-6-16(8-9-17)12-3-1-10-20-11-12/h4-5,12H,1-3,6-11H2. The van der Waals surface area contributed by atoms with E-state index in [-0.39, 0.29) is 0 Å². The molecule has 1 atom stereocenters. The lowest BCUT2D eigenvalue weighted by molar-refractivity contribution is 0.210. The average molecular weight is 425 g/mol. The average Bonchev–Trinajstić information content (AvgIpc) is 2.82. The number of hydrogen-bond acceptors (Lipinski definition) is 5. The molecular weight excluding hydrogens is 404 g/mol. The summed E-state index contributed by atoms with van der Waals surface area (Å²) in [6.07, 6.45) is 3.47. The molecule has 0 saturated carbocycles. The maximum Gasteiger partial charge on any atom is 0.252 e. The lowest BCUT2D eigenvalue weighted by Crippen LogP contribution is -2.41. The molecule has 124 valence electrons. The smallest absolute Gasteiger partial charge is 0.252 e. The van der Waals surface area contributed by atoms with Crippen molar-refractivity contribution in [1.29, 1.82) is 0 Å². The Labute approximate surface area is 149 Å². The van der Waals surface area contributed by atoms with Crippen LogP contribution in [-0.4, -0.2) is 61.3 Å². The van der Waals surface area contributed by atoms with Gasteiger partial charge in [-0.1, -0.05) is 0 Å². The number of thiophene rings is 1. The molecule has 1 aromatic heterocycles. The topological polar surface area (TPSA) is 40.6 Å². The highest BCUT2D eigenvalue weighted by Gasteiger charge is 2.30. The molecule has 2 saturated heterocycles. The predicted molar refractivity (Wildman–Crippen MR) is 97.3 cm³/mol. The zero-order valence-corrected chi connectivity index (χ0v) is 16.4. The van der Waals surface area contributed by atoms with E-state index < -0.39 is 10.0 Å². The summed E-state index contributed by atoms with van der Waals surface area (Å²) < 4.78 is 28.4. The Hall–Kier alpha value is 0.400. The first kappa shape index (κ1) is 17.2. The second-order valence-electron chi connectivity index (χ2n) is 5.72. The molecule has 0 bridgehead atoms. The predicted octanol–water partition coefficient (Wildman–Crippen LogP) is 3.10. The highest BCUT2D eigenvalue weighted by Crippen LogP contribution is 2.29. The third kappa shape index (κ3) is 3.89. The first-order chi connectivity index (χ1) is 10.6. The molecule has 0 aliphatic carbocycles. The van der Waals surface area contributed by atoms with Crippen molar-refractivity contribution in [3.05, 3.63) is 15.9 Å². The van der Waals surface area contributed by atoms with Crippen LogP contribution >= 0.6 is 39.0 Å². The first-order valence-electron chi connectivity index (χ1n) is 7.64. The summed E-state index contributed by atoms with van der Waals surface area (Å²) in [5.74, 6) is 2.47. The number of hydrogen-bond donors (Lipinski definition) is 0. The van der Waals surface area contributed by atoms with Gasteiger partial charge in [-0.15, -0.1) is 11.3 Å². The molecule has 3 rings (SSSR count). The van der Waals surface area contributed by atoms with Crippen LogP contribution in [0.3, 0.4) is 0 Å². The fourth-order valence-corrected chi connectivity index (χ4v) is 7.92. The summed E-state index contributed by atoms with van der Waals surface area (Å²) in [5.41, 5.74) is 0. The number of thioether (sulfide) groups is 1. The molecular formula is C14H21BrN2O2S3. The van der Waals surface area contributed by atoms with Gasteiger partial charge in [-0.25, -0.2) is 8.42 Å². The minimum Gasteiger partial charge on any atom is -0.298 e. The van der Waals surface area contributed by atoms with Crippen LogP contribution in [0.4, 0.5) is 0 Å². The van der Waals surface area contributed by atoms with E-state index in [9.17, 15) is 8.42 Å². The van der Waals surface area contributed by atoms with Crippen LogP contribution < -0.4 is 0 Å². The minimum atomic E-state index is -3.33. The summed E-state index contributed by atoms with van der Waals surface area (Å²) in [7, 11) is -3.33. The molecule has 1 aromatic rings. The van der Waals surface area contributed by atoms with Crippen LogP contribution in [0.2, 0.25) is 0 Å². The molecule has 2 fully saturated rings. The van der Waals surface area contributed by atoms with Gasteiger partial charge < -0.3 is 0 Å². The van der Waals surface area contributed by atoms with Crippen molar-refractivity contribution < 1.29 is 8.42 Å². The van der Waals surface area contributed by atoms with E-state index in [1.54, 1.807) is 16.4 Å². The zero-order valence-electron chi connectivity index (χ0n) is 12.4. The van der Waals surface area contributed by atoms with Crippen molar-refractivity contribution in [2.75, 3.05) is 37.7 Å². The summed E-state index contributed by atoms with van der Waals surface area (Å²) in [5, 5.41) is 0. The quantitative estimate of drug-likeness (QED) is 0.746. The van der Waals surface area contributed by atoms with E-state index in [0.29, 0.717) is 23.3 Å². The Kier molecular flexibility index (Phi) is 5.89. The van der Waals surface area contributed by atoms with E-state index in [0.717, 1.165) is 23.3 Å².